The smallest absolute Gasteiger partial charge is 0.252 e. The third kappa shape index (κ3) is 2.90. The highest BCUT2D eigenvalue weighted by molar-refractivity contribution is 5.96. The van der Waals surface area contributed by atoms with E-state index < -0.39 is 0 Å². The van der Waals surface area contributed by atoms with Crippen molar-refractivity contribution in [3.8, 4) is 11.5 Å². The van der Waals surface area contributed by atoms with Gasteiger partial charge >= 0.3 is 0 Å². The number of pyridine rings is 1. The summed E-state index contributed by atoms with van der Waals surface area (Å²) in [5.41, 5.74) is 8.70. The number of anilines is 1. The molecule has 4 rings (SSSR count). The van der Waals surface area contributed by atoms with Crippen molar-refractivity contribution in [2.75, 3.05) is 19.1 Å². The van der Waals surface area contributed by atoms with Crippen molar-refractivity contribution in [1.82, 2.24) is 19.9 Å². The maximum absolute atomic E-state index is 12.4. The van der Waals surface area contributed by atoms with E-state index in [0.717, 1.165) is 17.1 Å². The van der Waals surface area contributed by atoms with Crippen LogP contribution in [-0.4, -0.2) is 33.8 Å². The number of ether oxygens (including phenoxy) is 2. The van der Waals surface area contributed by atoms with Gasteiger partial charge in [0.25, 0.3) is 5.91 Å². The van der Waals surface area contributed by atoms with Crippen molar-refractivity contribution in [2.45, 2.75) is 19.9 Å². The zero-order chi connectivity index (χ0) is 18.1. The molecule has 3 aromatic rings. The molecule has 134 valence electrons. The fraction of sp³-hybridized carbons (Fsp3) is 0.278. The Labute approximate surface area is 149 Å². The topological polar surface area (TPSA) is 104 Å². The molecular formula is C18H19N5O3. The Morgan fingerprint density at radius 3 is 3.00 bits per heavy atom. The largest absolute Gasteiger partial charge is 0.454 e. The number of hydrogen-bond acceptors (Lipinski definition) is 6. The van der Waals surface area contributed by atoms with Crippen LogP contribution in [0.1, 0.15) is 22.8 Å². The Kier molecular flexibility index (Phi) is 4.08. The number of nitrogens with one attached hydrogen (secondary N) is 1. The molecule has 0 radical (unpaired) electrons. The van der Waals surface area contributed by atoms with Crippen molar-refractivity contribution in [2.24, 2.45) is 0 Å². The van der Waals surface area contributed by atoms with Gasteiger partial charge < -0.3 is 20.5 Å². The number of imidazole rings is 1. The number of rotatable bonds is 5. The van der Waals surface area contributed by atoms with Crippen molar-refractivity contribution >= 4 is 23.0 Å². The van der Waals surface area contributed by atoms with Gasteiger partial charge in [0.05, 0.1) is 5.56 Å². The Morgan fingerprint density at radius 2 is 2.15 bits per heavy atom. The number of fused-ring (bicyclic) bond motifs is 2. The van der Waals surface area contributed by atoms with Crippen molar-refractivity contribution in [3.05, 3.63) is 41.6 Å². The summed E-state index contributed by atoms with van der Waals surface area (Å²) in [6.07, 6.45) is 2.24. The monoisotopic (exact) mass is 353 g/mol. The minimum atomic E-state index is -0.190. The van der Waals surface area contributed by atoms with Crippen molar-refractivity contribution in [1.29, 1.82) is 0 Å². The highest BCUT2D eigenvalue weighted by Gasteiger charge is 2.14. The summed E-state index contributed by atoms with van der Waals surface area (Å²) in [6, 6.07) is 7.49. The van der Waals surface area contributed by atoms with E-state index in [9.17, 15) is 4.79 Å². The lowest BCUT2D eigenvalue weighted by Gasteiger charge is -2.06. The third-order valence-corrected chi connectivity index (χ3v) is 4.33. The molecule has 0 spiro atoms. The van der Waals surface area contributed by atoms with Crippen LogP contribution in [0.3, 0.4) is 0 Å². The molecule has 2 aromatic heterocycles. The highest BCUT2D eigenvalue weighted by Crippen LogP contribution is 2.32. The molecule has 0 aliphatic carbocycles. The summed E-state index contributed by atoms with van der Waals surface area (Å²) in [6.45, 7) is 3.40. The second-order valence-corrected chi connectivity index (χ2v) is 5.97. The quantitative estimate of drug-likeness (QED) is 0.724. The number of carbonyl (C=O) groups is 1. The SMILES string of the molecule is CCn1c(N)nc2cc(C(=O)NCCc3ccc4c(c3)OCO4)cnc21. The van der Waals surface area contributed by atoms with Gasteiger partial charge in [0.2, 0.25) is 12.7 Å². The molecule has 1 aliphatic rings. The predicted molar refractivity (Wildman–Crippen MR) is 96.2 cm³/mol. The maximum Gasteiger partial charge on any atom is 0.252 e. The lowest BCUT2D eigenvalue weighted by Crippen LogP contribution is -2.25. The number of nitrogen functional groups attached to an aromatic ring is 1. The molecular weight excluding hydrogens is 334 g/mol. The number of amides is 1. The van der Waals surface area contributed by atoms with E-state index >= 15 is 0 Å². The molecule has 0 bridgehead atoms. The summed E-state index contributed by atoms with van der Waals surface area (Å²) in [5, 5.41) is 2.90. The molecule has 3 heterocycles. The number of aryl methyl sites for hydroxylation is 1. The Morgan fingerprint density at radius 1 is 1.31 bits per heavy atom. The summed E-state index contributed by atoms with van der Waals surface area (Å²) < 4.78 is 12.5. The number of nitrogens with two attached hydrogens (primary N) is 1. The van der Waals surface area contributed by atoms with Gasteiger partial charge in [-0.2, -0.15) is 0 Å². The van der Waals surface area contributed by atoms with Gasteiger partial charge in [-0.25, -0.2) is 9.97 Å². The van der Waals surface area contributed by atoms with E-state index in [4.69, 9.17) is 15.2 Å². The molecule has 1 aromatic carbocycles. The first kappa shape index (κ1) is 16.2. The van der Waals surface area contributed by atoms with E-state index in [1.807, 2.05) is 25.1 Å². The maximum atomic E-state index is 12.4. The minimum absolute atomic E-state index is 0.190. The second-order valence-electron chi connectivity index (χ2n) is 5.97. The van der Waals surface area contributed by atoms with Gasteiger partial charge in [-0.1, -0.05) is 6.07 Å². The Bertz CT molecular complexity index is 982. The summed E-state index contributed by atoms with van der Waals surface area (Å²) >= 11 is 0. The fourth-order valence-electron chi connectivity index (χ4n) is 2.98. The van der Waals surface area contributed by atoms with Gasteiger partial charge in [-0.3, -0.25) is 9.36 Å². The van der Waals surface area contributed by atoms with Gasteiger partial charge in [0, 0.05) is 19.3 Å². The van der Waals surface area contributed by atoms with Gasteiger partial charge in [0.1, 0.15) is 5.52 Å². The number of hydrogen-bond donors (Lipinski definition) is 2. The average Bonchev–Trinajstić information content (AvgIpc) is 3.23. The van der Waals surface area contributed by atoms with Crippen LogP contribution in [0.5, 0.6) is 11.5 Å². The highest BCUT2D eigenvalue weighted by atomic mass is 16.7. The van der Waals surface area contributed by atoms with Crippen LogP contribution in [0.15, 0.2) is 30.5 Å². The van der Waals surface area contributed by atoms with Gasteiger partial charge in [-0.05, 0) is 37.1 Å². The first-order chi connectivity index (χ1) is 12.7. The summed E-state index contributed by atoms with van der Waals surface area (Å²) in [4.78, 5) is 21.0. The van der Waals surface area contributed by atoms with Gasteiger partial charge in [0.15, 0.2) is 17.1 Å². The molecule has 3 N–H and O–H groups in total. The number of nitrogens with zero attached hydrogens (tertiary/aromatic N) is 3. The van der Waals surface area contributed by atoms with Crippen LogP contribution in [0.25, 0.3) is 11.2 Å². The Hall–Kier alpha value is -3.29. The van der Waals surface area contributed by atoms with Crippen LogP contribution in [0, 0.1) is 0 Å². The lowest BCUT2D eigenvalue weighted by atomic mass is 10.1. The Balaban J connectivity index is 1.41. The molecule has 0 saturated carbocycles. The van der Waals surface area contributed by atoms with E-state index in [-0.39, 0.29) is 12.7 Å². The average molecular weight is 353 g/mol. The zero-order valence-electron chi connectivity index (χ0n) is 14.4. The third-order valence-electron chi connectivity index (χ3n) is 4.33. The number of benzene rings is 1. The van der Waals surface area contributed by atoms with Crippen molar-refractivity contribution < 1.29 is 14.3 Å². The molecule has 0 saturated heterocycles. The van der Waals surface area contributed by atoms with E-state index in [1.54, 1.807) is 16.8 Å². The van der Waals surface area contributed by atoms with Crippen LogP contribution >= 0.6 is 0 Å². The second kappa shape index (κ2) is 6.55. The summed E-state index contributed by atoms with van der Waals surface area (Å²) in [5.74, 6) is 1.70. The number of aromatic nitrogens is 3. The van der Waals surface area contributed by atoms with Crippen LogP contribution in [-0.2, 0) is 13.0 Å². The number of carbonyl (C=O) groups excluding carboxylic acids is 1. The first-order valence-electron chi connectivity index (χ1n) is 8.44. The van der Waals surface area contributed by atoms with Crippen LogP contribution in [0.4, 0.5) is 5.95 Å². The first-order valence-corrected chi connectivity index (χ1v) is 8.44. The molecule has 0 unspecified atom stereocenters. The fourth-order valence-corrected chi connectivity index (χ4v) is 2.98. The van der Waals surface area contributed by atoms with E-state index in [2.05, 4.69) is 15.3 Å². The predicted octanol–water partition coefficient (Wildman–Crippen LogP) is 1.73. The lowest BCUT2D eigenvalue weighted by molar-refractivity contribution is 0.0954. The normalized spacial score (nSPS) is 12.5. The molecule has 1 aliphatic heterocycles. The minimum Gasteiger partial charge on any atom is -0.454 e. The molecule has 8 nitrogen and oxygen atoms in total. The van der Waals surface area contributed by atoms with E-state index in [0.29, 0.717) is 42.2 Å². The molecule has 0 fully saturated rings. The molecule has 0 atom stereocenters. The van der Waals surface area contributed by atoms with E-state index in [1.165, 1.54) is 0 Å². The molecule has 8 heteroatoms. The summed E-state index contributed by atoms with van der Waals surface area (Å²) in [7, 11) is 0. The van der Waals surface area contributed by atoms with Crippen LogP contribution < -0.4 is 20.5 Å². The van der Waals surface area contributed by atoms with Crippen LogP contribution in [0.2, 0.25) is 0 Å². The van der Waals surface area contributed by atoms with Crippen molar-refractivity contribution in [3.63, 3.8) is 0 Å². The zero-order valence-corrected chi connectivity index (χ0v) is 14.4. The molecule has 26 heavy (non-hydrogen) atoms. The molecule has 1 amide bonds. The van der Waals surface area contributed by atoms with Gasteiger partial charge in [-0.15, -0.1) is 0 Å². The standard InChI is InChI=1S/C18H19N5O3/c1-2-23-16-13(22-18(23)19)8-12(9-21-16)17(24)20-6-5-11-3-4-14-15(7-11)26-10-25-14/h3-4,7-9H,2,5-6,10H2,1H3,(H2,19,22)(H,20,24).